The molecule has 20 heavy (non-hydrogen) atoms. The zero-order valence-electron chi connectivity index (χ0n) is 11.2. The lowest BCUT2D eigenvalue weighted by molar-refractivity contribution is 0.469. The second-order valence-electron chi connectivity index (χ2n) is 5.24. The zero-order valence-corrected chi connectivity index (χ0v) is 12.8. The Labute approximate surface area is 122 Å². The van der Waals surface area contributed by atoms with Crippen molar-refractivity contribution in [2.24, 2.45) is 0 Å². The molecule has 1 unspecified atom stereocenters. The highest BCUT2D eigenvalue weighted by Crippen LogP contribution is 2.29. The van der Waals surface area contributed by atoms with Crippen molar-refractivity contribution in [3.05, 3.63) is 23.7 Å². The van der Waals surface area contributed by atoms with E-state index in [1.807, 2.05) is 17.6 Å². The maximum atomic E-state index is 11.9. The largest absolute Gasteiger partial charge is 0.308 e. The van der Waals surface area contributed by atoms with Crippen LogP contribution in [0.15, 0.2) is 12.3 Å². The van der Waals surface area contributed by atoms with E-state index in [0.29, 0.717) is 12.2 Å². The summed E-state index contributed by atoms with van der Waals surface area (Å²) in [4.78, 5) is 8.91. The molecule has 0 bridgehead atoms. The number of imidazole rings is 1. The first-order valence-electron chi connectivity index (χ1n) is 6.60. The van der Waals surface area contributed by atoms with Gasteiger partial charge in [-0.3, -0.25) is 0 Å². The maximum absolute atomic E-state index is 11.9. The second-order valence-corrected chi connectivity index (χ2v) is 7.74. The van der Waals surface area contributed by atoms with Gasteiger partial charge in [-0.05, 0) is 31.4 Å². The zero-order chi connectivity index (χ0) is 14.3. The van der Waals surface area contributed by atoms with Crippen molar-refractivity contribution in [2.75, 3.05) is 11.5 Å². The predicted molar refractivity (Wildman–Crippen MR) is 78.7 cm³/mol. The molecule has 1 aliphatic heterocycles. The highest BCUT2D eigenvalue weighted by atomic mass is 35.5. The fourth-order valence-electron chi connectivity index (χ4n) is 2.84. The molecule has 0 aliphatic carbocycles. The first-order chi connectivity index (χ1) is 9.52. The van der Waals surface area contributed by atoms with Gasteiger partial charge in [0, 0.05) is 6.20 Å². The molecule has 2 aromatic heterocycles. The molecule has 1 atom stereocenters. The molecule has 3 heterocycles. The van der Waals surface area contributed by atoms with Crippen LogP contribution in [0.1, 0.15) is 30.3 Å². The Bertz CT molecular complexity index is 754. The molecular formula is C13H16ClN3O2S. The van der Waals surface area contributed by atoms with E-state index in [9.17, 15) is 8.42 Å². The fraction of sp³-hybridized carbons (Fsp3) is 0.538. The van der Waals surface area contributed by atoms with Crippen molar-refractivity contribution in [1.29, 1.82) is 0 Å². The standard InChI is InChI=1S/C13H16ClN3O2S/c1-9-4-5-15-13-12(9)16-11(7-14)17(13)10-3-2-6-20(18,19)8-10/h4-5,10H,2-3,6-8H2,1H3. The van der Waals surface area contributed by atoms with Crippen molar-refractivity contribution in [2.45, 2.75) is 31.7 Å². The molecule has 0 saturated carbocycles. The maximum Gasteiger partial charge on any atom is 0.160 e. The molecule has 2 aromatic rings. The molecule has 7 heteroatoms. The summed E-state index contributed by atoms with van der Waals surface area (Å²) in [5.74, 6) is 1.38. The van der Waals surface area contributed by atoms with Crippen molar-refractivity contribution >= 4 is 32.6 Å². The minimum Gasteiger partial charge on any atom is -0.308 e. The van der Waals surface area contributed by atoms with Crippen LogP contribution < -0.4 is 0 Å². The van der Waals surface area contributed by atoms with Crippen LogP contribution in [0.3, 0.4) is 0 Å². The minimum atomic E-state index is -2.98. The number of hydrogen-bond acceptors (Lipinski definition) is 4. The van der Waals surface area contributed by atoms with Crippen LogP contribution in [0.4, 0.5) is 0 Å². The molecule has 5 nitrogen and oxygen atoms in total. The topological polar surface area (TPSA) is 64.8 Å². The Morgan fingerprint density at radius 2 is 2.30 bits per heavy atom. The van der Waals surface area contributed by atoms with Gasteiger partial charge in [-0.25, -0.2) is 18.4 Å². The van der Waals surface area contributed by atoms with Gasteiger partial charge in [0.15, 0.2) is 15.5 Å². The van der Waals surface area contributed by atoms with Gasteiger partial charge in [-0.1, -0.05) is 0 Å². The van der Waals surface area contributed by atoms with Gasteiger partial charge in [0.25, 0.3) is 0 Å². The number of fused-ring (bicyclic) bond motifs is 1. The van der Waals surface area contributed by atoms with E-state index in [-0.39, 0.29) is 23.4 Å². The van der Waals surface area contributed by atoms with Gasteiger partial charge >= 0.3 is 0 Å². The Balaban J connectivity index is 2.17. The fourth-order valence-corrected chi connectivity index (χ4v) is 4.70. The lowest BCUT2D eigenvalue weighted by Gasteiger charge is -2.24. The number of halogens is 1. The van der Waals surface area contributed by atoms with Crippen molar-refractivity contribution < 1.29 is 8.42 Å². The third kappa shape index (κ3) is 2.31. The number of hydrogen-bond donors (Lipinski definition) is 0. The lowest BCUT2D eigenvalue weighted by atomic mass is 10.2. The number of nitrogens with zero attached hydrogens (tertiary/aromatic N) is 3. The average molecular weight is 314 g/mol. The predicted octanol–water partition coefficient (Wildman–Crippen LogP) is 2.23. The van der Waals surface area contributed by atoms with Gasteiger partial charge in [-0.2, -0.15) is 0 Å². The van der Waals surface area contributed by atoms with E-state index in [1.54, 1.807) is 6.20 Å². The summed E-state index contributed by atoms with van der Waals surface area (Å²) in [6.45, 7) is 1.97. The van der Waals surface area contributed by atoms with E-state index < -0.39 is 9.84 Å². The Hall–Kier alpha value is -1.14. The van der Waals surface area contributed by atoms with Gasteiger partial charge in [0.2, 0.25) is 0 Å². The molecule has 1 saturated heterocycles. The van der Waals surface area contributed by atoms with Crippen LogP contribution >= 0.6 is 11.6 Å². The molecule has 3 rings (SSSR count). The summed E-state index contributed by atoms with van der Waals surface area (Å²) >= 11 is 5.99. The number of sulfone groups is 1. The molecule has 0 aromatic carbocycles. The molecule has 0 N–H and O–H groups in total. The SMILES string of the molecule is Cc1ccnc2c1nc(CCl)n2C1CCCS(=O)(=O)C1. The third-order valence-electron chi connectivity index (χ3n) is 3.78. The monoisotopic (exact) mass is 313 g/mol. The highest BCUT2D eigenvalue weighted by molar-refractivity contribution is 7.91. The third-order valence-corrected chi connectivity index (χ3v) is 5.82. The van der Waals surface area contributed by atoms with E-state index >= 15 is 0 Å². The molecule has 1 fully saturated rings. The van der Waals surface area contributed by atoms with Crippen LogP contribution in [0, 0.1) is 6.92 Å². The normalized spacial score (nSPS) is 22.2. The summed E-state index contributed by atoms with van der Waals surface area (Å²) in [6.07, 6.45) is 3.23. The number of aryl methyl sites for hydroxylation is 1. The number of aromatic nitrogens is 3. The highest BCUT2D eigenvalue weighted by Gasteiger charge is 2.29. The Morgan fingerprint density at radius 1 is 1.50 bits per heavy atom. The lowest BCUT2D eigenvalue weighted by Crippen LogP contribution is -2.28. The summed E-state index contributed by atoms with van der Waals surface area (Å²) in [6, 6.07) is 1.79. The van der Waals surface area contributed by atoms with Crippen LogP contribution in [0.25, 0.3) is 11.2 Å². The minimum absolute atomic E-state index is 0.109. The first kappa shape index (κ1) is 13.8. The number of alkyl halides is 1. The summed E-state index contributed by atoms with van der Waals surface area (Å²) < 4.78 is 25.7. The summed E-state index contributed by atoms with van der Waals surface area (Å²) in [7, 11) is -2.98. The Kier molecular flexibility index (Phi) is 3.46. The summed E-state index contributed by atoms with van der Waals surface area (Å²) in [5, 5.41) is 0. The van der Waals surface area contributed by atoms with Gasteiger partial charge in [-0.15, -0.1) is 11.6 Å². The molecule has 0 radical (unpaired) electrons. The van der Waals surface area contributed by atoms with E-state index in [2.05, 4.69) is 9.97 Å². The van der Waals surface area contributed by atoms with Crippen molar-refractivity contribution in [3.63, 3.8) is 0 Å². The molecule has 1 aliphatic rings. The molecular weight excluding hydrogens is 298 g/mol. The van der Waals surface area contributed by atoms with Crippen LogP contribution in [0.2, 0.25) is 0 Å². The number of pyridine rings is 1. The van der Waals surface area contributed by atoms with E-state index in [0.717, 1.165) is 23.1 Å². The second kappa shape index (κ2) is 5.00. The smallest absolute Gasteiger partial charge is 0.160 e. The van der Waals surface area contributed by atoms with Gasteiger partial charge in [0.05, 0.1) is 23.4 Å². The Morgan fingerprint density at radius 3 is 3.00 bits per heavy atom. The quantitative estimate of drug-likeness (QED) is 0.798. The van der Waals surface area contributed by atoms with E-state index in [1.165, 1.54) is 0 Å². The first-order valence-corrected chi connectivity index (χ1v) is 8.96. The van der Waals surface area contributed by atoms with Crippen LogP contribution in [0.5, 0.6) is 0 Å². The average Bonchev–Trinajstić information content (AvgIpc) is 2.77. The van der Waals surface area contributed by atoms with Gasteiger partial charge < -0.3 is 4.57 Å². The molecule has 0 amide bonds. The number of rotatable bonds is 2. The van der Waals surface area contributed by atoms with Crippen molar-refractivity contribution in [3.8, 4) is 0 Å². The summed E-state index contributed by atoms with van der Waals surface area (Å²) in [5.41, 5.74) is 2.58. The van der Waals surface area contributed by atoms with Crippen LogP contribution in [-0.4, -0.2) is 34.5 Å². The van der Waals surface area contributed by atoms with Crippen LogP contribution in [-0.2, 0) is 15.7 Å². The molecule has 108 valence electrons. The van der Waals surface area contributed by atoms with E-state index in [4.69, 9.17) is 11.6 Å². The molecule has 0 spiro atoms. The van der Waals surface area contributed by atoms with Crippen molar-refractivity contribution in [1.82, 2.24) is 14.5 Å². The van der Waals surface area contributed by atoms with Gasteiger partial charge in [0.1, 0.15) is 11.3 Å².